The maximum atomic E-state index is 14.8. The van der Waals surface area contributed by atoms with E-state index in [4.69, 9.17) is 9.47 Å². The minimum Gasteiger partial charge on any atom is -0.427 e. The summed E-state index contributed by atoms with van der Waals surface area (Å²) in [6, 6.07) is 30.2. The average Bonchev–Trinajstić information content (AvgIpc) is 3.62. The molecule has 1 aromatic heterocycles. The van der Waals surface area contributed by atoms with Crippen molar-refractivity contribution in [2.75, 3.05) is 13.8 Å². The highest BCUT2D eigenvalue weighted by atomic mass is 32.1. The van der Waals surface area contributed by atoms with E-state index in [0.717, 1.165) is 27.3 Å². The third kappa shape index (κ3) is 7.47. The summed E-state index contributed by atoms with van der Waals surface area (Å²) in [6.45, 7) is 2.46. The van der Waals surface area contributed by atoms with Crippen molar-refractivity contribution in [2.24, 2.45) is 11.3 Å². The van der Waals surface area contributed by atoms with Crippen molar-refractivity contribution < 1.29 is 38.6 Å². The number of aliphatic hydroxyl groups excluding tert-OH is 1. The second-order valence-corrected chi connectivity index (χ2v) is 17.5. The number of β-lactam (4-membered cyclic amide) rings is 1. The van der Waals surface area contributed by atoms with Crippen molar-refractivity contribution >= 4 is 69.1 Å². The lowest BCUT2D eigenvalue weighted by atomic mass is 9.80. The average molecular weight is 729 g/mol. The molecule has 1 fully saturated rings. The van der Waals surface area contributed by atoms with Gasteiger partial charge in [0.25, 0.3) is 5.91 Å². The second kappa shape index (κ2) is 15.6. The molecule has 0 aliphatic carbocycles. The first-order valence-corrected chi connectivity index (χ1v) is 19.1. The number of hydrogen-bond acceptors (Lipinski definition) is 9. The van der Waals surface area contributed by atoms with Crippen LogP contribution in [0.1, 0.15) is 53.5 Å². The molecule has 2 amide bonds. The van der Waals surface area contributed by atoms with E-state index in [2.05, 4.69) is 5.32 Å². The Kier molecular flexibility index (Phi) is 11.4. The summed E-state index contributed by atoms with van der Waals surface area (Å²) in [5.41, 5.74) is -0.883. The van der Waals surface area contributed by atoms with E-state index in [1.807, 2.05) is 91.0 Å². The fraction of sp³-hybridized carbons (Fsp3) is 0.282. The number of amides is 2. The molecule has 12 heteroatoms. The monoisotopic (exact) mass is 728 g/mol. The molecule has 1 aliphatic rings. The van der Waals surface area contributed by atoms with Crippen LogP contribution in [0.25, 0.3) is 0 Å². The molecule has 0 bridgehead atoms. The standard InChI is InChI=1S/C39H41N2O8PS/c1-25(42)33-29(23-30(43)31-21-22-32(51-31)34(44)40-5)41(35(33)45)36(37(46)48-24-49-38(47)39(2,3)4)50(26-15-9-6-10-16-26,27-17-11-7-12-18-27)28-19-13-8-14-20-28/h6-22,25,29,33,42H,23-24H2,1-5H3,(H,40,44)/t25-,29-,33-/m1/s1. The number of hydrogen-bond donors (Lipinski definition) is 2. The lowest BCUT2D eigenvalue weighted by Gasteiger charge is -2.50. The van der Waals surface area contributed by atoms with Gasteiger partial charge >= 0.3 is 11.9 Å². The van der Waals surface area contributed by atoms with E-state index < -0.39 is 55.0 Å². The van der Waals surface area contributed by atoms with Crippen LogP contribution in [0, 0.1) is 11.3 Å². The van der Waals surface area contributed by atoms with Gasteiger partial charge in [0.05, 0.1) is 33.2 Å². The van der Waals surface area contributed by atoms with Gasteiger partial charge in [-0.1, -0.05) is 91.0 Å². The quantitative estimate of drug-likeness (QED) is 0.0732. The van der Waals surface area contributed by atoms with E-state index in [-0.39, 0.29) is 23.5 Å². The Hall–Kier alpha value is -4.83. The second-order valence-electron chi connectivity index (χ2n) is 13.1. The minimum absolute atomic E-state index is 0.0187. The Morgan fingerprint density at radius 2 is 1.31 bits per heavy atom. The summed E-state index contributed by atoms with van der Waals surface area (Å²) in [7, 11) is 1.50. The predicted octanol–water partition coefficient (Wildman–Crippen LogP) is 4.10. The van der Waals surface area contributed by atoms with Crippen LogP contribution < -0.4 is 21.2 Å². The first kappa shape index (κ1) is 37.4. The van der Waals surface area contributed by atoms with Gasteiger partial charge in [-0.25, -0.2) is 4.79 Å². The molecule has 10 nitrogen and oxygen atoms in total. The van der Waals surface area contributed by atoms with Crippen LogP contribution in [0.3, 0.4) is 0 Å². The van der Waals surface area contributed by atoms with Gasteiger partial charge in [0, 0.05) is 20.4 Å². The van der Waals surface area contributed by atoms with Crippen molar-refractivity contribution in [3.8, 4) is 0 Å². The molecule has 2 N–H and O–H groups in total. The van der Waals surface area contributed by atoms with Crippen LogP contribution in [-0.2, 0) is 23.9 Å². The Balaban J connectivity index is 1.78. The lowest BCUT2D eigenvalue weighted by Crippen LogP contribution is -2.68. The van der Waals surface area contributed by atoms with Crippen molar-refractivity contribution in [3.63, 3.8) is 0 Å². The van der Waals surface area contributed by atoms with Crippen molar-refractivity contribution in [1.29, 1.82) is 0 Å². The molecule has 3 aromatic carbocycles. The first-order chi connectivity index (χ1) is 24.3. The van der Waals surface area contributed by atoms with E-state index >= 15 is 0 Å². The maximum Gasteiger partial charge on any atom is 0.358 e. The lowest BCUT2D eigenvalue weighted by molar-refractivity contribution is -0.171. The number of likely N-dealkylation sites (tertiary alicyclic amines) is 1. The third-order valence-electron chi connectivity index (χ3n) is 8.67. The normalized spacial score (nSPS) is 16.4. The van der Waals surface area contributed by atoms with Gasteiger partial charge in [0.1, 0.15) is 5.42 Å². The smallest absolute Gasteiger partial charge is 0.358 e. The molecule has 0 unspecified atom stereocenters. The number of esters is 2. The van der Waals surface area contributed by atoms with Crippen molar-refractivity contribution in [1.82, 2.24) is 10.2 Å². The zero-order valence-electron chi connectivity index (χ0n) is 29.1. The third-order valence-corrected chi connectivity index (χ3v) is 14.0. The van der Waals surface area contributed by atoms with Crippen molar-refractivity contribution in [3.05, 3.63) is 113 Å². The van der Waals surface area contributed by atoms with E-state index in [0.29, 0.717) is 9.75 Å². The number of carbonyl (C=O) groups is 5. The highest BCUT2D eigenvalue weighted by Crippen LogP contribution is 2.50. The molecule has 1 saturated heterocycles. The molecule has 2 heterocycles. The summed E-state index contributed by atoms with van der Waals surface area (Å²) >= 11 is 1.02. The SMILES string of the molecule is CNC(=O)c1ccc(C(=O)C[C@@H]2[C@@H]([C@@H](C)O)C(=O)N2C(C(=O)OCOC(=O)C(C)(C)C)=P(c2ccccc2)(c2ccccc2)c2ccccc2)s1. The number of carbonyl (C=O) groups excluding carboxylic acids is 5. The molecule has 3 atom stereocenters. The van der Waals surface area contributed by atoms with Crippen LogP contribution >= 0.6 is 18.2 Å². The van der Waals surface area contributed by atoms with Gasteiger partial charge in [-0.15, -0.1) is 11.3 Å². The number of aliphatic hydroxyl groups is 1. The highest BCUT2D eigenvalue weighted by Gasteiger charge is 2.55. The molecular weight excluding hydrogens is 687 g/mol. The number of rotatable bonds is 12. The topological polar surface area (TPSA) is 139 Å². The summed E-state index contributed by atoms with van der Waals surface area (Å²) in [5.74, 6) is -3.76. The zero-order chi connectivity index (χ0) is 36.9. The van der Waals surface area contributed by atoms with Crippen LogP contribution in [0.4, 0.5) is 0 Å². The molecule has 0 saturated carbocycles. The maximum absolute atomic E-state index is 14.8. The fourth-order valence-corrected chi connectivity index (χ4v) is 11.5. The zero-order valence-corrected chi connectivity index (χ0v) is 30.8. The van der Waals surface area contributed by atoms with Gasteiger partial charge in [0.2, 0.25) is 12.7 Å². The predicted molar refractivity (Wildman–Crippen MR) is 199 cm³/mol. The molecular formula is C39H41N2O8PS. The summed E-state index contributed by atoms with van der Waals surface area (Å²) < 4.78 is 11.1. The molecule has 0 radical (unpaired) electrons. The Labute approximate surface area is 301 Å². The Morgan fingerprint density at radius 3 is 1.76 bits per heavy atom. The van der Waals surface area contributed by atoms with Crippen LogP contribution in [0.15, 0.2) is 103 Å². The van der Waals surface area contributed by atoms with Gasteiger partial charge in [-0.3, -0.25) is 19.2 Å². The van der Waals surface area contributed by atoms with Gasteiger partial charge < -0.3 is 24.8 Å². The van der Waals surface area contributed by atoms with Crippen LogP contribution in [-0.4, -0.2) is 70.9 Å². The highest BCUT2D eigenvalue weighted by molar-refractivity contribution is 7.96. The molecule has 1 aliphatic heterocycles. The van der Waals surface area contributed by atoms with E-state index in [1.54, 1.807) is 32.9 Å². The number of ketones is 1. The Bertz CT molecular complexity index is 1870. The molecule has 51 heavy (non-hydrogen) atoms. The number of Topliss-reactive ketones (excluding diaryl/α,β-unsaturated/α-hetero) is 1. The number of nitrogens with zero attached hydrogens (tertiary/aromatic N) is 1. The minimum atomic E-state index is -3.33. The summed E-state index contributed by atoms with van der Waals surface area (Å²) in [5, 5.41) is 15.6. The number of nitrogens with one attached hydrogen (secondary N) is 1. The van der Waals surface area contributed by atoms with Crippen molar-refractivity contribution in [2.45, 2.75) is 46.3 Å². The largest absolute Gasteiger partial charge is 0.427 e. The van der Waals surface area contributed by atoms with E-state index in [9.17, 15) is 29.1 Å². The van der Waals surface area contributed by atoms with E-state index in [1.165, 1.54) is 18.9 Å². The first-order valence-electron chi connectivity index (χ1n) is 16.5. The number of benzene rings is 3. The number of thiophene rings is 1. The molecule has 0 spiro atoms. The van der Waals surface area contributed by atoms with Crippen LogP contribution in [0.5, 0.6) is 0 Å². The molecule has 4 aromatic rings. The summed E-state index contributed by atoms with van der Waals surface area (Å²) in [4.78, 5) is 69.9. The van der Waals surface area contributed by atoms with Gasteiger partial charge in [-0.2, -0.15) is 0 Å². The number of ether oxygens (including phenoxy) is 2. The van der Waals surface area contributed by atoms with Gasteiger partial charge in [-0.05, 0) is 55.7 Å². The van der Waals surface area contributed by atoms with Gasteiger partial charge in [0.15, 0.2) is 5.78 Å². The molecule has 5 rings (SSSR count). The molecule has 266 valence electrons. The summed E-state index contributed by atoms with van der Waals surface area (Å²) in [6.07, 6.45) is -1.40. The fourth-order valence-electron chi connectivity index (χ4n) is 6.18. The Morgan fingerprint density at radius 1 is 0.824 bits per heavy atom. The van der Waals surface area contributed by atoms with Crippen LogP contribution in [0.2, 0.25) is 0 Å².